The van der Waals surface area contributed by atoms with Crippen molar-refractivity contribution >= 4 is 45.0 Å². The molecule has 1 amide bonds. The number of carbonyl (C=O) groups is 1. The summed E-state index contributed by atoms with van der Waals surface area (Å²) in [5.74, 6) is 1.67. The minimum atomic E-state index is -0.243. The van der Waals surface area contributed by atoms with Crippen LogP contribution in [0.1, 0.15) is 11.3 Å². The number of hydrogen-bond donors (Lipinski definition) is 0. The van der Waals surface area contributed by atoms with Gasteiger partial charge in [0.1, 0.15) is 15.8 Å². The second kappa shape index (κ2) is 8.09. The highest BCUT2D eigenvalue weighted by Gasteiger charge is 2.37. The number of rotatable bonds is 5. The lowest BCUT2D eigenvalue weighted by Crippen LogP contribution is -2.31. The van der Waals surface area contributed by atoms with E-state index in [1.807, 2.05) is 60.7 Å². The third-order valence-corrected chi connectivity index (χ3v) is 6.88. The van der Waals surface area contributed by atoms with Crippen LogP contribution in [0.15, 0.2) is 89.3 Å². The molecule has 1 saturated heterocycles. The van der Waals surface area contributed by atoms with Gasteiger partial charge in [0.05, 0.1) is 11.8 Å². The predicted octanol–water partition coefficient (Wildman–Crippen LogP) is 6.07. The number of amides is 1. The third kappa shape index (κ3) is 3.66. The summed E-state index contributed by atoms with van der Waals surface area (Å²) in [5.41, 5.74) is 2.14. The van der Waals surface area contributed by atoms with Crippen LogP contribution in [0, 0.1) is 0 Å². The van der Waals surface area contributed by atoms with E-state index in [2.05, 4.69) is 24.3 Å². The van der Waals surface area contributed by atoms with Crippen LogP contribution in [0.5, 0.6) is 0 Å². The van der Waals surface area contributed by atoms with Gasteiger partial charge in [-0.3, -0.25) is 9.69 Å². The summed E-state index contributed by atoms with van der Waals surface area (Å²) in [7, 11) is 0. The summed E-state index contributed by atoms with van der Waals surface area (Å²) in [5, 5.41) is 2.09. The van der Waals surface area contributed by atoms with Crippen molar-refractivity contribution in [3.63, 3.8) is 0 Å². The summed E-state index contributed by atoms with van der Waals surface area (Å²) in [6.07, 6.45) is 0.527. The van der Waals surface area contributed by atoms with E-state index in [-0.39, 0.29) is 11.2 Å². The van der Waals surface area contributed by atoms with E-state index in [1.165, 1.54) is 17.1 Å². The number of furan rings is 1. The fraction of sp³-hybridized carbons (Fsp3) is 0.120. The summed E-state index contributed by atoms with van der Waals surface area (Å²) in [6.45, 7) is 0.515. The highest BCUT2D eigenvalue weighted by Crippen LogP contribution is 2.34. The zero-order valence-corrected chi connectivity index (χ0v) is 17.8. The number of fused-ring (bicyclic) bond motifs is 1. The van der Waals surface area contributed by atoms with Crippen LogP contribution in [0.4, 0.5) is 0 Å². The first-order valence-corrected chi connectivity index (χ1v) is 11.1. The topological polar surface area (TPSA) is 33.5 Å². The number of thioether (sulfide) groups is 1. The molecule has 1 aliphatic heterocycles. The average Bonchev–Trinajstić information content (AvgIpc) is 3.34. The normalized spacial score (nSPS) is 16.5. The average molecular weight is 430 g/mol. The Kier molecular flexibility index (Phi) is 5.15. The second-order valence-electron chi connectivity index (χ2n) is 7.28. The molecule has 3 nitrogen and oxygen atoms in total. The van der Waals surface area contributed by atoms with Gasteiger partial charge in [0, 0.05) is 12.0 Å². The lowest BCUT2D eigenvalue weighted by molar-refractivity contribution is -0.126. The molecule has 0 N–H and O–H groups in total. The molecule has 5 rings (SSSR count). The molecule has 3 aromatic carbocycles. The van der Waals surface area contributed by atoms with Crippen LogP contribution in [0.2, 0.25) is 0 Å². The molecule has 148 valence electrons. The molecule has 0 saturated carbocycles. The van der Waals surface area contributed by atoms with Crippen molar-refractivity contribution in [2.45, 2.75) is 18.2 Å². The van der Waals surface area contributed by atoms with Gasteiger partial charge in [0.15, 0.2) is 0 Å². The van der Waals surface area contributed by atoms with E-state index in [1.54, 1.807) is 4.90 Å². The summed E-state index contributed by atoms with van der Waals surface area (Å²) in [6, 6.07) is 28.4. The maximum Gasteiger partial charge on any atom is 0.242 e. The van der Waals surface area contributed by atoms with Crippen molar-refractivity contribution in [3.8, 4) is 11.3 Å². The predicted molar refractivity (Wildman–Crippen MR) is 126 cm³/mol. The van der Waals surface area contributed by atoms with Crippen LogP contribution >= 0.6 is 24.0 Å². The van der Waals surface area contributed by atoms with E-state index in [4.69, 9.17) is 16.6 Å². The molecule has 4 aromatic rings. The Morgan fingerprint density at radius 3 is 2.53 bits per heavy atom. The lowest BCUT2D eigenvalue weighted by Gasteiger charge is -2.15. The summed E-state index contributed by atoms with van der Waals surface area (Å²) < 4.78 is 6.78. The molecule has 0 spiro atoms. The van der Waals surface area contributed by atoms with E-state index in [9.17, 15) is 4.79 Å². The van der Waals surface area contributed by atoms with E-state index < -0.39 is 0 Å². The molecule has 0 radical (unpaired) electrons. The first-order valence-electron chi connectivity index (χ1n) is 9.82. The molecule has 2 heterocycles. The van der Waals surface area contributed by atoms with Crippen molar-refractivity contribution in [2.75, 3.05) is 0 Å². The van der Waals surface area contributed by atoms with Crippen LogP contribution in [0.25, 0.3) is 22.1 Å². The molecule has 1 unspecified atom stereocenters. The molecule has 1 atom stereocenters. The largest absolute Gasteiger partial charge is 0.461 e. The Balaban J connectivity index is 1.34. The van der Waals surface area contributed by atoms with Gasteiger partial charge in [0.25, 0.3) is 0 Å². The number of nitrogens with zero attached hydrogens (tertiary/aromatic N) is 1. The Hall–Kier alpha value is -2.89. The van der Waals surface area contributed by atoms with Crippen molar-refractivity contribution in [1.29, 1.82) is 0 Å². The van der Waals surface area contributed by atoms with Gasteiger partial charge in [-0.25, -0.2) is 0 Å². The van der Waals surface area contributed by atoms with E-state index in [0.29, 0.717) is 17.3 Å². The Bertz CT molecular complexity index is 1230. The third-order valence-electron chi connectivity index (χ3n) is 5.29. The molecule has 0 aliphatic carbocycles. The molecule has 0 bridgehead atoms. The number of thiocarbonyl (C=S) groups is 1. The Morgan fingerprint density at radius 2 is 1.67 bits per heavy atom. The first kappa shape index (κ1) is 19.1. The SMILES string of the molecule is O=C1C(Cc2ccc(-c3cccc4ccccc34)o2)SC(=S)N1Cc1ccccc1. The van der Waals surface area contributed by atoms with Gasteiger partial charge in [0.2, 0.25) is 5.91 Å². The fourth-order valence-corrected chi connectivity index (χ4v) is 5.30. The quantitative estimate of drug-likeness (QED) is 0.361. The molecule has 1 aromatic heterocycles. The smallest absolute Gasteiger partial charge is 0.242 e. The zero-order valence-electron chi connectivity index (χ0n) is 16.2. The Morgan fingerprint density at radius 1 is 0.900 bits per heavy atom. The summed E-state index contributed by atoms with van der Waals surface area (Å²) in [4.78, 5) is 14.7. The fourth-order valence-electron chi connectivity index (χ4n) is 3.79. The van der Waals surface area contributed by atoms with Crippen LogP contribution < -0.4 is 0 Å². The highest BCUT2D eigenvalue weighted by molar-refractivity contribution is 8.24. The van der Waals surface area contributed by atoms with Gasteiger partial charge in [-0.15, -0.1) is 0 Å². The zero-order chi connectivity index (χ0) is 20.5. The van der Waals surface area contributed by atoms with Crippen LogP contribution in [-0.2, 0) is 17.8 Å². The molecule has 1 aliphatic rings. The number of benzene rings is 3. The molecule has 30 heavy (non-hydrogen) atoms. The van der Waals surface area contributed by atoms with Gasteiger partial charge < -0.3 is 4.42 Å². The number of carbonyl (C=O) groups excluding carboxylic acids is 1. The van der Waals surface area contributed by atoms with Crippen molar-refractivity contribution in [1.82, 2.24) is 4.90 Å². The maximum atomic E-state index is 13.0. The summed E-state index contributed by atoms with van der Waals surface area (Å²) >= 11 is 6.93. The highest BCUT2D eigenvalue weighted by atomic mass is 32.2. The standard InChI is InChI=1S/C25H19NO2S2/c27-24-23(30-25(29)26(24)16-17-7-2-1-3-8-17)15-19-13-14-22(28-19)21-12-6-10-18-9-4-5-11-20(18)21/h1-14,23H,15-16H2. The van der Waals surface area contributed by atoms with Gasteiger partial charge in [-0.1, -0.05) is 96.8 Å². The van der Waals surface area contributed by atoms with Crippen LogP contribution in [0.3, 0.4) is 0 Å². The van der Waals surface area contributed by atoms with Gasteiger partial charge in [-0.2, -0.15) is 0 Å². The lowest BCUT2D eigenvalue weighted by atomic mass is 10.0. The Labute approximate surface area is 184 Å². The molecule has 5 heteroatoms. The molecular formula is C25H19NO2S2. The van der Waals surface area contributed by atoms with Gasteiger partial charge >= 0.3 is 0 Å². The second-order valence-corrected chi connectivity index (χ2v) is 9.12. The molecule has 1 fully saturated rings. The minimum absolute atomic E-state index is 0.0527. The minimum Gasteiger partial charge on any atom is -0.461 e. The number of hydrogen-bond acceptors (Lipinski definition) is 4. The van der Waals surface area contributed by atoms with Crippen LogP contribution in [-0.4, -0.2) is 20.4 Å². The maximum absolute atomic E-state index is 13.0. The van der Waals surface area contributed by atoms with E-state index >= 15 is 0 Å². The van der Waals surface area contributed by atoms with Crippen molar-refractivity contribution in [3.05, 3.63) is 96.3 Å². The van der Waals surface area contributed by atoms with Gasteiger partial charge in [-0.05, 0) is 28.5 Å². The van der Waals surface area contributed by atoms with Crippen molar-refractivity contribution < 1.29 is 9.21 Å². The monoisotopic (exact) mass is 429 g/mol. The van der Waals surface area contributed by atoms with Crippen molar-refractivity contribution in [2.24, 2.45) is 0 Å². The van der Waals surface area contributed by atoms with E-state index in [0.717, 1.165) is 28.0 Å². The molecular weight excluding hydrogens is 410 g/mol. The first-order chi connectivity index (χ1) is 14.7.